The van der Waals surface area contributed by atoms with Crippen molar-refractivity contribution in [2.75, 3.05) is 0 Å². The van der Waals surface area contributed by atoms with Gasteiger partial charge in [0.05, 0.1) is 9.52 Å². The van der Waals surface area contributed by atoms with Gasteiger partial charge >= 0.3 is 0 Å². The highest BCUT2D eigenvalue weighted by Gasteiger charge is 2.27. The fraction of sp³-hybridized carbons (Fsp3) is 0.333. The topological polar surface area (TPSA) is 0 Å². The first kappa shape index (κ1) is 12.7. The van der Waals surface area contributed by atoms with E-state index >= 15 is 0 Å². The van der Waals surface area contributed by atoms with Gasteiger partial charge in [0.1, 0.15) is 0 Å². The minimum Gasteiger partial charge on any atom is -0.0792 e. The van der Waals surface area contributed by atoms with E-state index in [1.807, 2.05) is 0 Å². The molecule has 2 radical (unpaired) electrons. The van der Waals surface area contributed by atoms with Gasteiger partial charge in [-0.15, -0.1) is 0 Å². The fourth-order valence-corrected chi connectivity index (χ4v) is 4.96. The van der Waals surface area contributed by atoms with E-state index in [0.29, 0.717) is 11.5 Å². The third-order valence-corrected chi connectivity index (χ3v) is 6.68. The molecule has 0 fully saturated rings. The van der Waals surface area contributed by atoms with Crippen LogP contribution in [0.25, 0.3) is 6.08 Å². The molecule has 0 bridgehead atoms. The second-order valence-corrected chi connectivity index (χ2v) is 7.13. The Morgan fingerprint density at radius 2 is 1.74 bits per heavy atom. The van der Waals surface area contributed by atoms with Crippen LogP contribution in [0.15, 0.2) is 52.3 Å². The first-order chi connectivity index (χ1) is 9.09. The Balaban J connectivity index is 1.88. The van der Waals surface area contributed by atoms with Crippen molar-refractivity contribution < 1.29 is 0 Å². The molecule has 0 amide bonds. The maximum absolute atomic E-state index is 2.39. The Labute approximate surface area is 118 Å². The standard InChI is InChI=1S/C18H20Si/c1-11-12(2)14(4)18(13(11)3)19-17-10-9-15-7-5-6-8-16(15)17/h5-10,13,17H,1-4H3. The molecular formula is C18H20Si. The summed E-state index contributed by atoms with van der Waals surface area (Å²) in [6.45, 7) is 9.23. The van der Waals surface area contributed by atoms with Crippen molar-refractivity contribution in [1.82, 2.24) is 0 Å². The molecule has 0 heterocycles. The average Bonchev–Trinajstić information content (AvgIpc) is 2.91. The van der Waals surface area contributed by atoms with Crippen molar-refractivity contribution in [2.24, 2.45) is 5.92 Å². The molecule has 0 aromatic heterocycles. The highest BCUT2D eigenvalue weighted by molar-refractivity contribution is 6.49. The van der Waals surface area contributed by atoms with E-state index in [9.17, 15) is 0 Å². The Morgan fingerprint density at radius 1 is 1.00 bits per heavy atom. The Morgan fingerprint density at radius 3 is 2.42 bits per heavy atom. The second kappa shape index (κ2) is 4.64. The molecule has 2 atom stereocenters. The van der Waals surface area contributed by atoms with Crippen LogP contribution in [0.1, 0.15) is 44.4 Å². The summed E-state index contributed by atoms with van der Waals surface area (Å²) in [4.78, 5) is 0. The van der Waals surface area contributed by atoms with Crippen LogP contribution in [0.4, 0.5) is 0 Å². The van der Waals surface area contributed by atoms with E-state index in [1.165, 1.54) is 16.7 Å². The lowest BCUT2D eigenvalue weighted by Gasteiger charge is -2.16. The fourth-order valence-electron chi connectivity index (χ4n) is 3.14. The molecule has 96 valence electrons. The predicted octanol–water partition coefficient (Wildman–Crippen LogP) is 4.72. The third-order valence-electron chi connectivity index (χ3n) is 4.75. The van der Waals surface area contributed by atoms with Crippen LogP contribution in [0.5, 0.6) is 0 Å². The molecular weight excluding hydrogens is 244 g/mol. The van der Waals surface area contributed by atoms with Crippen molar-refractivity contribution in [3.63, 3.8) is 0 Å². The Kier molecular flexibility index (Phi) is 3.10. The molecule has 3 rings (SSSR count). The predicted molar refractivity (Wildman–Crippen MR) is 84.2 cm³/mol. The molecule has 1 aromatic rings. The maximum Gasteiger partial charge on any atom is 0.0895 e. The third kappa shape index (κ3) is 1.97. The quantitative estimate of drug-likeness (QED) is 0.678. The monoisotopic (exact) mass is 264 g/mol. The molecule has 0 saturated heterocycles. The molecule has 1 aromatic carbocycles. The van der Waals surface area contributed by atoms with E-state index in [-0.39, 0.29) is 0 Å². The van der Waals surface area contributed by atoms with Crippen LogP contribution in [0.3, 0.4) is 0 Å². The van der Waals surface area contributed by atoms with Crippen LogP contribution in [-0.4, -0.2) is 9.52 Å². The van der Waals surface area contributed by atoms with Gasteiger partial charge in [-0.3, -0.25) is 0 Å². The summed E-state index contributed by atoms with van der Waals surface area (Å²) in [6.07, 6.45) is 4.68. The maximum atomic E-state index is 2.39. The minimum absolute atomic E-state index is 0.599. The van der Waals surface area contributed by atoms with Gasteiger partial charge in [0.25, 0.3) is 0 Å². The normalized spacial score (nSPS) is 25.5. The lowest BCUT2D eigenvalue weighted by molar-refractivity contribution is 0.852. The van der Waals surface area contributed by atoms with E-state index in [2.05, 4.69) is 64.1 Å². The van der Waals surface area contributed by atoms with Gasteiger partial charge in [-0.2, -0.15) is 0 Å². The molecule has 0 nitrogen and oxygen atoms in total. The van der Waals surface area contributed by atoms with Crippen LogP contribution in [0, 0.1) is 5.92 Å². The lowest BCUT2D eigenvalue weighted by atomic mass is 10.1. The van der Waals surface area contributed by atoms with Crippen LogP contribution >= 0.6 is 0 Å². The van der Waals surface area contributed by atoms with Gasteiger partial charge in [-0.25, -0.2) is 0 Å². The van der Waals surface area contributed by atoms with Gasteiger partial charge in [0, 0.05) is 0 Å². The van der Waals surface area contributed by atoms with Gasteiger partial charge < -0.3 is 0 Å². The van der Waals surface area contributed by atoms with Crippen LogP contribution < -0.4 is 0 Å². The molecule has 2 aliphatic rings. The van der Waals surface area contributed by atoms with E-state index in [0.717, 1.165) is 9.52 Å². The van der Waals surface area contributed by atoms with Gasteiger partial charge in [0.2, 0.25) is 0 Å². The zero-order chi connectivity index (χ0) is 13.6. The molecule has 2 unspecified atom stereocenters. The number of allylic oxidation sites excluding steroid dienone is 5. The van der Waals surface area contributed by atoms with Crippen LogP contribution in [-0.2, 0) is 0 Å². The van der Waals surface area contributed by atoms with Gasteiger partial charge in [-0.05, 0) is 48.9 Å². The summed E-state index contributed by atoms with van der Waals surface area (Å²) >= 11 is 0. The lowest BCUT2D eigenvalue weighted by Crippen LogP contribution is -2.12. The number of hydrogen-bond donors (Lipinski definition) is 0. The molecule has 1 heteroatoms. The van der Waals surface area contributed by atoms with Crippen molar-refractivity contribution in [3.8, 4) is 0 Å². The summed E-state index contributed by atoms with van der Waals surface area (Å²) in [5.74, 6) is 0.638. The summed E-state index contributed by atoms with van der Waals surface area (Å²) in [5.41, 5.74) is 8.14. The molecule has 0 saturated carbocycles. The second-order valence-electron chi connectivity index (χ2n) is 5.68. The van der Waals surface area contributed by atoms with E-state index < -0.39 is 0 Å². The molecule has 0 aliphatic heterocycles. The van der Waals surface area contributed by atoms with E-state index in [4.69, 9.17) is 0 Å². The Hall–Kier alpha value is -1.34. The van der Waals surface area contributed by atoms with Crippen molar-refractivity contribution in [2.45, 2.75) is 33.2 Å². The summed E-state index contributed by atoms with van der Waals surface area (Å²) in [6, 6.07) is 8.81. The average molecular weight is 264 g/mol. The van der Waals surface area contributed by atoms with Crippen molar-refractivity contribution in [1.29, 1.82) is 0 Å². The first-order valence-corrected chi connectivity index (χ1v) is 8.09. The highest BCUT2D eigenvalue weighted by Crippen LogP contribution is 2.39. The Bertz CT molecular complexity index is 616. The van der Waals surface area contributed by atoms with Gasteiger partial charge in [0.15, 0.2) is 0 Å². The SMILES string of the molecule is CC1=C(C)C(C)C([Si]C2C=Cc3ccccc32)=C1C. The molecule has 0 N–H and O–H groups in total. The van der Waals surface area contributed by atoms with Crippen molar-refractivity contribution in [3.05, 3.63) is 63.4 Å². The largest absolute Gasteiger partial charge is 0.0895 e. The van der Waals surface area contributed by atoms with E-state index in [1.54, 1.807) is 16.3 Å². The number of hydrogen-bond acceptors (Lipinski definition) is 0. The number of fused-ring (bicyclic) bond motifs is 1. The molecule has 2 aliphatic carbocycles. The minimum atomic E-state index is 0.599. The summed E-state index contributed by atoms with van der Waals surface area (Å²) in [7, 11) is 0.890. The summed E-state index contributed by atoms with van der Waals surface area (Å²) < 4.78 is 0. The molecule has 0 spiro atoms. The zero-order valence-corrected chi connectivity index (χ0v) is 13.1. The number of benzene rings is 1. The van der Waals surface area contributed by atoms with Crippen LogP contribution in [0.2, 0.25) is 0 Å². The van der Waals surface area contributed by atoms with Gasteiger partial charge in [-0.1, -0.05) is 59.7 Å². The smallest absolute Gasteiger partial charge is 0.0792 e. The zero-order valence-electron chi connectivity index (χ0n) is 12.1. The highest BCUT2D eigenvalue weighted by atomic mass is 28.2. The van der Waals surface area contributed by atoms with Crippen molar-refractivity contribution >= 4 is 15.6 Å². The molecule has 19 heavy (non-hydrogen) atoms. The summed E-state index contributed by atoms with van der Waals surface area (Å²) in [5, 5.41) is 1.67. The first-order valence-electron chi connectivity index (χ1n) is 7.01. The number of rotatable bonds is 2.